The Hall–Kier alpha value is -3.06. The molecule has 7 nitrogen and oxygen atoms in total. The van der Waals surface area contributed by atoms with Crippen molar-refractivity contribution >= 4 is 5.91 Å². The minimum absolute atomic E-state index is 0.0330. The van der Waals surface area contributed by atoms with Crippen molar-refractivity contribution in [3.63, 3.8) is 0 Å². The number of amides is 1. The molecule has 6 rings (SSSR count). The molecule has 33 heavy (non-hydrogen) atoms. The molecule has 3 aliphatic rings. The molecule has 1 aliphatic heterocycles. The van der Waals surface area contributed by atoms with Crippen LogP contribution in [-0.2, 0) is 12.8 Å². The van der Waals surface area contributed by atoms with Crippen molar-refractivity contribution < 1.29 is 4.79 Å². The van der Waals surface area contributed by atoms with Gasteiger partial charge in [0.15, 0.2) is 0 Å². The number of benzene rings is 1. The summed E-state index contributed by atoms with van der Waals surface area (Å²) in [5.41, 5.74) is 6.29. The Balaban J connectivity index is 1.30. The van der Waals surface area contributed by atoms with E-state index in [1.807, 2.05) is 6.20 Å². The van der Waals surface area contributed by atoms with Crippen molar-refractivity contribution in [1.82, 2.24) is 30.0 Å². The Morgan fingerprint density at radius 1 is 1.12 bits per heavy atom. The number of nitrogens with one attached hydrogen (secondary N) is 1. The molecule has 3 heterocycles. The fraction of sp³-hybridized carbons (Fsp3) is 0.462. The lowest BCUT2D eigenvalue weighted by molar-refractivity contribution is 0.0940. The van der Waals surface area contributed by atoms with Gasteiger partial charge in [0, 0.05) is 30.3 Å². The average molecular weight is 443 g/mol. The summed E-state index contributed by atoms with van der Waals surface area (Å²) in [6, 6.07) is 8.89. The van der Waals surface area contributed by atoms with Crippen molar-refractivity contribution in [3.8, 4) is 17.2 Å². The lowest BCUT2D eigenvalue weighted by atomic mass is 9.90. The average Bonchev–Trinajstić information content (AvgIpc) is 3.42. The fourth-order valence-electron chi connectivity index (χ4n) is 5.44. The molecule has 1 saturated carbocycles. The summed E-state index contributed by atoms with van der Waals surface area (Å²) in [5.74, 6) is 0.868. The summed E-state index contributed by atoms with van der Waals surface area (Å²) in [7, 11) is 0. The highest BCUT2D eigenvalue weighted by atomic mass is 16.1. The Morgan fingerprint density at radius 3 is 2.82 bits per heavy atom. The smallest absolute Gasteiger partial charge is 0.254 e. The van der Waals surface area contributed by atoms with Crippen LogP contribution in [0.25, 0.3) is 17.2 Å². The first kappa shape index (κ1) is 20.5. The van der Waals surface area contributed by atoms with Crippen LogP contribution in [0, 0.1) is 0 Å². The molecule has 1 N–H and O–H groups in total. The molecule has 3 aromatic rings. The number of aromatic nitrogens is 4. The minimum Gasteiger partial charge on any atom is -0.350 e. The van der Waals surface area contributed by atoms with Gasteiger partial charge in [0.2, 0.25) is 0 Å². The van der Waals surface area contributed by atoms with E-state index < -0.39 is 0 Å². The van der Waals surface area contributed by atoms with E-state index in [2.05, 4.69) is 51.5 Å². The number of aryl methyl sites for hydroxylation is 2. The molecular weight excluding hydrogens is 412 g/mol. The summed E-state index contributed by atoms with van der Waals surface area (Å²) < 4.78 is 1.80. The number of carbonyl (C=O) groups excluding carboxylic acids is 1. The quantitative estimate of drug-likeness (QED) is 0.632. The molecule has 2 fully saturated rings. The van der Waals surface area contributed by atoms with E-state index in [1.165, 1.54) is 23.1 Å². The third-order valence-electron chi connectivity index (χ3n) is 7.40. The topological polar surface area (TPSA) is 75.9 Å². The molecule has 1 aromatic carbocycles. The van der Waals surface area contributed by atoms with Crippen LogP contribution in [0.2, 0.25) is 0 Å². The van der Waals surface area contributed by atoms with Crippen LogP contribution >= 0.6 is 0 Å². The van der Waals surface area contributed by atoms with E-state index in [-0.39, 0.29) is 5.91 Å². The Morgan fingerprint density at radius 2 is 1.97 bits per heavy atom. The summed E-state index contributed by atoms with van der Waals surface area (Å²) in [6.07, 6.45) is 10.1. The van der Waals surface area contributed by atoms with Gasteiger partial charge in [-0.1, -0.05) is 31.2 Å². The number of nitrogens with zero attached hydrogens (tertiary/aromatic N) is 5. The monoisotopic (exact) mass is 442 g/mol. The second-order valence-corrected chi connectivity index (χ2v) is 9.47. The standard InChI is InChI=1S/C26H30N6O/c1-2-31-13-5-7-20(31)15-27-25(33)22-16-29-32(24(22)18-10-11-18)26-28-14-19-12-9-17-6-3-4-8-21(17)23(19)30-26/h3-4,6,8,14,16,18,20H,2,5,7,9-13,15H2,1H3,(H,27,33)/t20-/m1/s1. The van der Waals surface area contributed by atoms with E-state index in [4.69, 9.17) is 4.98 Å². The SMILES string of the molecule is CCN1CCC[C@@H]1CNC(=O)c1cnn(-c2ncc3c(n2)-c2ccccc2CC3)c1C1CC1. The second-order valence-electron chi connectivity index (χ2n) is 9.47. The predicted molar refractivity (Wildman–Crippen MR) is 127 cm³/mol. The third-order valence-corrected chi connectivity index (χ3v) is 7.40. The van der Waals surface area contributed by atoms with Crippen molar-refractivity contribution in [1.29, 1.82) is 0 Å². The van der Waals surface area contributed by atoms with E-state index in [9.17, 15) is 4.79 Å². The molecule has 0 bridgehead atoms. The first-order chi connectivity index (χ1) is 16.2. The molecule has 2 aliphatic carbocycles. The van der Waals surface area contributed by atoms with Gasteiger partial charge in [-0.15, -0.1) is 0 Å². The number of carbonyl (C=O) groups is 1. The molecule has 1 atom stereocenters. The molecule has 1 amide bonds. The van der Waals surface area contributed by atoms with Crippen LogP contribution in [0.5, 0.6) is 0 Å². The molecule has 2 aromatic heterocycles. The van der Waals surface area contributed by atoms with Gasteiger partial charge in [0.1, 0.15) is 0 Å². The van der Waals surface area contributed by atoms with Gasteiger partial charge >= 0.3 is 0 Å². The molecule has 7 heteroatoms. The van der Waals surface area contributed by atoms with Gasteiger partial charge in [-0.3, -0.25) is 9.69 Å². The number of rotatable bonds is 6. The molecule has 0 radical (unpaired) electrons. The number of fused-ring (bicyclic) bond motifs is 3. The van der Waals surface area contributed by atoms with Gasteiger partial charge in [-0.25, -0.2) is 14.6 Å². The van der Waals surface area contributed by atoms with E-state index in [1.54, 1.807) is 10.9 Å². The maximum atomic E-state index is 13.2. The highest BCUT2D eigenvalue weighted by molar-refractivity contribution is 5.95. The molecule has 0 spiro atoms. The summed E-state index contributed by atoms with van der Waals surface area (Å²) in [6.45, 7) is 5.03. The van der Waals surface area contributed by atoms with Gasteiger partial charge in [-0.05, 0) is 62.7 Å². The molecule has 170 valence electrons. The lowest BCUT2D eigenvalue weighted by Gasteiger charge is -2.22. The first-order valence-electron chi connectivity index (χ1n) is 12.3. The van der Waals surface area contributed by atoms with Crippen LogP contribution in [0.3, 0.4) is 0 Å². The molecular formula is C26H30N6O. The Kier molecular flexibility index (Phi) is 5.21. The maximum absolute atomic E-state index is 13.2. The van der Waals surface area contributed by atoms with Crippen LogP contribution in [0.1, 0.15) is 65.7 Å². The second kappa shape index (κ2) is 8.37. The third kappa shape index (κ3) is 3.74. The lowest BCUT2D eigenvalue weighted by Crippen LogP contribution is -2.40. The minimum atomic E-state index is -0.0330. The zero-order chi connectivity index (χ0) is 22.4. The van der Waals surface area contributed by atoms with Crippen LogP contribution in [0.15, 0.2) is 36.7 Å². The zero-order valence-corrected chi connectivity index (χ0v) is 19.1. The fourth-order valence-corrected chi connectivity index (χ4v) is 5.44. The highest BCUT2D eigenvalue weighted by Crippen LogP contribution is 2.42. The van der Waals surface area contributed by atoms with Gasteiger partial charge in [0.05, 0.1) is 23.1 Å². The van der Waals surface area contributed by atoms with Crippen molar-refractivity contribution in [2.45, 2.75) is 57.4 Å². The summed E-state index contributed by atoms with van der Waals surface area (Å²) >= 11 is 0. The number of likely N-dealkylation sites (N-methyl/N-ethyl adjacent to an activating group) is 1. The van der Waals surface area contributed by atoms with Crippen LogP contribution in [-0.4, -0.2) is 56.2 Å². The predicted octanol–water partition coefficient (Wildman–Crippen LogP) is 3.52. The van der Waals surface area contributed by atoms with Crippen molar-refractivity contribution in [2.75, 3.05) is 19.6 Å². The Bertz CT molecular complexity index is 1200. The van der Waals surface area contributed by atoms with E-state index >= 15 is 0 Å². The van der Waals surface area contributed by atoms with Crippen LogP contribution < -0.4 is 5.32 Å². The number of likely N-dealkylation sites (tertiary alicyclic amines) is 1. The van der Waals surface area contributed by atoms with Gasteiger partial charge in [-0.2, -0.15) is 5.10 Å². The van der Waals surface area contributed by atoms with E-state index in [0.29, 0.717) is 30.0 Å². The largest absolute Gasteiger partial charge is 0.350 e. The van der Waals surface area contributed by atoms with Gasteiger partial charge in [0.25, 0.3) is 11.9 Å². The van der Waals surface area contributed by atoms with Crippen molar-refractivity contribution in [3.05, 3.63) is 59.0 Å². The summed E-state index contributed by atoms with van der Waals surface area (Å²) in [4.78, 5) is 25.2. The number of hydrogen-bond acceptors (Lipinski definition) is 5. The van der Waals surface area contributed by atoms with Crippen LogP contribution in [0.4, 0.5) is 0 Å². The normalized spacial score (nSPS) is 19.8. The first-order valence-corrected chi connectivity index (χ1v) is 12.3. The van der Waals surface area contributed by atoms with E-state index in [0.717, 1.165) is 56.6 Å². The molecule has 0 unspecified atom stereocenters. The zero-order valence-electron chi connectivity index (χ0n) is 19.1. The molecule has 1 saturated heterocycles. The highest BCUT2D eigenvalue weighted by Gasteiger charge is 2.34. The van der Waals surface area contributed by atoms with Crippen molar-refractivity contribution in [2.24, 2.45) is 0 Å². The van der Waals surface area contributed by atoms with Gasteiger partial charge < -0.3 is 5.32 Å². The Labute approximate surface area is 194 Å². The maximum Gasteiger partial charge on any atom is 0.254 e. The number of hydrogen-bond donors (Lipinski definition) is 1. The summed E-state index contributed by atoms with van der Waals surface area (Å²) in [5, 5.41) is 7.79.